The van der Waals surface area contributed by atoms with Gasteiger partial charge < -0.3 is 9.64 Å². The molecule has 5 heterocycles. The lowest BCUT2D eigenvalue weighted by Gasteiger charge is -2.26. The van der Waals surface area contributed by atoms with Crippen LogP contribution in [0.1, 0.15) is 36.9 Å². The first kappa shape index (κ1) is 23.6. The van der Waals surface area contributed by atoms with E-state index in [-0.39, 0.29) is 6.04 Å². The third kappa shape index (κ3) is 4.54. The van der Waals surface area contributed by atoms with Crippen LogP contribution < -0.4 is 9.64 Å². The number of nitriles is 1. The Morgan fingerprint density at radius 1 is 1.11 bits per heavy atom. The molecule has 1 unspecified atom stereocenters. The predicted octanol–water partition coefficient (Wildman–Crippen LogP) is 4.97. The number of pyridine rings is 3. The summed E-state index contributed by atoms with van der Waals surface area (Å²) in [6.07, 6.45) is 11.8. The molecule has 0 amide bonds. The first-order valence-electron chi connectivity index (χ1n) is 12.4. The molecule has 0 aliphatic heterocycles. The Bertz CT molecular complexity index is 1630. The van der Waals surface area contributed by atoms with Crippen LogP contribution in [-0.2, 0) is 0 Å². The first-order valence-corrected chi connectivity index (χ1v) is 12.4. The van der Waals surface area contributed by atoms with E-state index in [2.05, 4.69) is 33.1 Å². The molecule has 190 valence electrons. The van der Waals surface area contributed by atoms with Crippen molar-refractivity contribution in [2.24, 2.45) is 5.92 Å². The molecule has 9 nitrogen and oxygen atoms in total. The molecule has 0 radical (unpaired) electrons. The van der Waals surface area contributed by atoms with Crippen molar-refractivity contribution in [3.8, 4) is 28.8 Å². The van der Waals surface area contributed by atoms with Gasteiger partial charge in [0.05, 0.1) is 48.5 Å². The van der Waals surface area contributed by atoms with E-state index in [0.29, 0.717) is 23.9 Å². The van der Waals surface area contributed by atoms with Crippen LogP contribution in [-0.4, -0.2) is 43.0 Å². The van der Waals surface area contributed by atoms with Gasteiger partial charge in [-0.05, 0) is 55.5 Å². The lowest BCUT2D eigenvalue weighted by molar-refractivity contribution is 0.298. The molecule has 1 fully saturated rings. The molecular formula is C28H25FN8O. The summed E-state index contributed by atoms with van der Waals surface area (Å²) in [5.74, 6) is 2.26. The van der Waals surface area contributed by atoms with Crippen molar-refractivity contribution in [2.45, 2.75) is 25.8 Å². The van der Waals surface area contributed by atoms with Gasteiger partial charge in [0.25, 0.3) is 0 Å². The Hall–Kier alpha value is -4.78. The van der Waals surface area contributed by atoms with Crippen LogP contribution in [0.25, 0.3) is 22.5 Å². The predicted molar refractivity (Wildman–Crippen MR) is 139 cm³/mol. The molecule has 0 saturated heterocycles. The lowest BCUT2D eigenvalue weighted by atomic mass is 10.0. The summed E-state index contributed by atoms with van der Waals surface area (Å²) in [5, 5.41) is 18.0. The van der Waals surface area contributed by atoms with Crippen LogP contribution in [0.15, 0.2) is 67.5 Å². The fraction of sp³-hybridized carbons (Fsp3) is 0.250. The number of ether oxygens (including phenoxy) is 1. The van der Waals surface area contributed by atoms with E-state index >= 15 is 0 Å². The van der Waals surface area contributed by atoms with E-state index in [0.717, 1.165) is 40.0 Å². The minimum absolute atomic E-state index is 0.0184. The standard InChI is InChI=1S/C28H25FN8O/c1-18(20-5-8-27(32-11-20)36-15-23(29)14-34-36)35(2)26-7-6-21(12-31-26)25-9-24(38-17-19-3-4-19)16-37-28(25)22(10-30)13-33-37/h5-9,11-16,18-19H,3-4,17H2,1-2H3. The number of nitrogens with zero attached hydrogens (tertiary/aromatic N) is 8. The van der Waals surface area contributed by atoms with Gasteiger partial charge in [-0.25, -0.2) is 23.6 Å². The molecule has 10 heteroatoms. The summed E-state index contributed by atoms with van der Waals surface area (Å²) < 4.78 is 22.4. The zero-order chi connectivity index (χ0) is 26.2. The average molecular weight is 509 g/mol. The molecular weight excluding hydrogens is 483 g/mol. The van der Waals surface area contributed by atoms with Crippen molar-refractivity contribution >= 4 is 11.3 Å². The van der Waals surface area contributed by atoms with Crippen LogP contribution in [0.3, 0.4) is 0 Å². The Morgan fingerprint density at radius 3 is 2.63 bits per heavy atom. The van der Waals surface area contributed by atoms with Gasteiger partial charge >= 0.3 is 0 Å². The van der Waals surface area contributed by atoms with Crippen molar-refractivity contribution in [2.75, 3.05) is 18.6 Å². The minimum atomic E-state index is -0.408. The number of aromatic nitrogens is 6. The quantitative estimate of drug-likeness (QED) is 0.292. The highest BCUT2D eigenvalue weighted by atomic mass is 19.1. The second-order valence-electron chi connectivity index (χ2n) is 9.55. The minimum Gasteiger partial charge on any atom is -0.492 e. The van der Waals surface area contributed by atoms with Crippen LogP contribution in [0.2, 0.25) is 0 Å². The maximum absolute atomic E-state index is 13.3. The van der Waals surface area contributed by atoms with Crippen molar-refractivity contribution in [1.82, 2.24) is 29.4 Å². The van der Waals surface area contributed by atoms with Crippen LogP contribution in [0.5, 0.6) is 5.75 Å². The topological polar surface area (TPSA) is 97.2 Å². The van der Waals surface area contributed by atoms with Crippen molar-refractivity contribution in [1.29, 1.82) is 5.26 Å². The Morgan fingerprint density at radius 2 is 1.97 bits per heavy atom. The number of anilines is 1. The van der Waals surface area contributed by atoms with E-state index in [9.17, 15) is 9.65 Å². The van der Waals surface area contributed by atoms with E-state index in [4.69, 9.17) is 9.72 Å². The second-order valence-corrected chi connectivity index (χ2v) is 9.55. The summed E-state index contributed by atoms with van der Waals surface area (Å²) in [6.45, 7) is 2.75. The molecule has 5 aromatic rings. The molecule has 5 aromatic heterocycles. The molecule has 0 N–H and O–H groups in total. The zero-order valence-corrected chi connectivity index (χ0v) is 21.0. The second kappa shape index (κ2) is 9.59. The molecule has 1 atom stereocenters. The van der Waals surface area contributed by atoms with Crippen LogP contribution in [0.4, 0.5) is 10.2 Å². The highest BCUT2D eigenvalue weighted by molar-refractivity contribution is 5.85. The van der Waals surface area contributed by atoms with E-state index in [1.807, 2.05) is 43.6 Å². The van der Waals surface area contributed by atoms with Gasteiger partial charge in [0.2, 0.25) is 0 Å². The fourth-order valence-corrected chi connectivity index (χ4v) is 4.36. The van der Waals surface area contributed by atoms with Gasteiger partial charge in [-0.1, -0.05) is 6.07 Å². The number of rotatable bonds is 8. The monoisotopic (exact) mass is 508 g/mol. The normalized spacial score (nSPS) is 13.8. The zero-order valence-electron chi connectivity index (χ0n) is 21.0. The molecule has 1 saturated carbocycles. The van der Waals surface area contributed by atoms with E-state index in [1.54, 1.807) is 23.1 Å². The van der Waals surface area contributed by atoms with Gasteiger partial charge in [-0.3, -0.25) is 0 Å². The molecule has 1 aliphatic rings. The van der Waals surface area contributed by atoms with Gasteiger partial charge in [0, 0.05) is 30.6 Å². The Labute approximate surface area is 218 Å². The third-order valence-corrected chi connectivity index (χ3v) is 6.93. The molecule has 0 aromatic carbocycles. The Kier molecular flexibility index (Phi) is 5.96. The summed E-state index contributed by atoms with van der Waals surface area (Å²) in [4.78, 5) is 11.2. The van der Waals surface area contributed by atoms with Gasteiger partial charge in [0.15, 0.2) is 11.6 Å². The number of hydrogen-bond donors (Lipinski definition) is 0. The Balaban J connectivity index is 1.25. The van der Waals surface area contributed by atoms with Gasteiger partial charge in [-0.15, -0.1) is 0 Å². The summed E-state index contributed by atoms with van der Waals surface area (Å²) in [6, 6.07) is 11.9. The summed E-state index contributed by atoms with van der Waals surface area (Å²) in [5.41, 5.74) is 3.92. The van der Waals surface area contributed by atoms with Crippen LogP contribution >= 0.6 is 0 Å². The van der Waals surface area contributed by atoms with Gasteiger partial charge in [-0.2, -0.15) is 15.5 Å². The lowest BCUT2D eigenvalue weighted by Crippen LogP contribution is -2.22. The number of halogens is 1. The molecule has 0 spiro atoms. The largest absolute Gasteiger partial charge is 0.492 e. The van der Waals surface area contributed by atoms with E-state index < -0.39 is 5.82 Å². The molecule has 38 heavy (non-hydrogen) atoms. The maximum atomic E-state index is 13.3. The number of fused-ring (bicyclic) bond motifs is 1. The summed E-state index contributed by atoms with van der Waals surface area (Å²) >= 11 is 0. The average Bonchev–Trinajstić information content (AvgIpc) is 3.54. The third-order valence-electron chi connectivity index (χ3n) is 6.93. The molecule has 0 bridgehead atoms. The van der Waals surface area contributed by atoms with Gasteiger partial charge in [0.1, 0.15) is 17.6 Å². The highest BCUT2D eigenvalue weighted by Gasteiger charge is 2.23. The highest BCUT2D eigenvalue weighted by Crippen LogP contribution is 2.34. The van der Waals surface area contributed by atoms with Crippen molar-refractivity contribution in [3.63, 3.8) is 0 Å². The van der Waals surface area contributed by atoms with Crippen molar-refractivity contribution < 1.29 is 9.13 Å². The van der Waals surface area contributed by atoms with Crippen molar-refractivity contribution in [3.05, 3.63) is 84.5 Å². The summed E-state index contributed by atoms with van der Waals surface area (Å²) in [7, 11) is 1.97. The smallest absolute Gasteiger partial charge is 0.161 e. The number of hydrogen-bond acceptors (Lipinski definition) is 7. The maximum Gasteiger partial charge on any atom is 0.161 e. The van der Waals surface area contributed by atoms with Crippen LogP contribution in [0, 0.1) is 23.1 Å². The first-order chi connectivity index (χ1) is 18.5. The fourth-order valence-electron chi connectivity index (χ4n) is 4.36. The molecule has 6 rings (SSSR count). The SMILES string of the molecule is CC(c1ccc(-n2cc(F)cn2)nc1)N(C)c1ccc(-c2cc(OCC3CC3)cn3ncc(C#N)c23)cn1. The molecule has 1 aliphatic carbocycles. The van der Waals surface area contributed by atoms with E-state index in [1.165, 1.54) is 23.7 Å².